The Hall–Kier alpha value is -1.09. The molecule has 0 N–H and O–H groups in total. The molecular weight excluding hydrogens is 190 g/mol. The van der Waals surface area contributed by atoms with Crippen molar-refractivity contribution in [3.8, 4) is 0 Å². The molecule has 0 fully saturated rings. The number of carbonyl (C=O) groups is 1. The first-order valence-electron chi connectivity index (χ1n) is 3.84. The minimum atomic E-state index is -0.306. The van der Waals surface area contributed by atoms with Gasteiger partial charge in [0, 0.05) is 24.4 Å². The minimum absolute atomic E-state index is 0.231. The molecule has 1 aromatic heterocycles. The van der Waals surface area contributed by atoms with Crippen molar-refractivity contribution < 1.29 is 9.53 Å². The van der Waals surface area contributed by atoms with Crippen molar-refractivity contribution in [2.24, 2.45) is 0 Å². The van der Waals surface area contributed by atoms with Crippen molar-refractivity contribution in [1.82, 2.24) is 4.98 Å². The van der Waals surface area contributed by atoms with E-state index in [0.717, 1.165) is 11.3 Å². The highest BCUT2D eigenvalue weighted by Crippen LogP contribution is 2.13. The Morgan fingerprint density at radius 2 is 2.38 bits per heavy atom. The Labute approximate surface area is 81.7 Å². The smallest absolute Gasteiger partial charge is 0.302 e. The quantitative estimate of drug-likeness (QED) is 0.685. The maximum atomic E-state index is 10.5. The second-order valence-corrected chi connectivity index (χ2v) is 3.11. The number of nitrogens with zero attached hydrogens (tertiary/aromatic N) is 1. The van der Waals surface area contributed by atoms with E-state index in [9.17, 15) is 4.79 Å². The summed E-state index contributed by atoms with van der Waals surface area (Å²) in [6, 6.07) is 1.74. The van der Waals surface area contributed by atoms with E-state index in [1.54, 1.807) is 12.3 Å². The van der Waals surface area contributed by atoms with Crippen molar-refractivity contribution in [1.29, 1.82) is 0 Å². The van der Waals surface area contributed by atoms with Gasteiger partial charge in [-0.3, -0.25) is 9.78 Å². The molecule has 13 heavy (non-hydrogen) atoms. The largest absolute Gasteiger partial charge is 0.461 e. The van der Waals surface area contributed by atoms with Gasteiger partial charge in [-0.15, -0.1) is 0 Å². The standard InChI is InChI=1S/C9H10ClNO2/c1-6-8(5-13-7(2)12)3-9(10)4-11-6/h3-4H,5H2,1-2H3. The van der Waals surface area contributed by atoms with E-state index in [-0.39, 0.29) is 12.6 Å². The van der Waals surface area contributed by atoms with Gasteiger partial charge < -0.3 is 4.74 Å². The lowest BCUT2D eigenvalue weighted by atomic mass is 10.2. The zero-order valence-electron chi connectivity index (χ0n) is 7.50. The third kappa shape index (κ3) is 3.03. The maximum absolute atomic E-state index is 10.5. The fourth-order valence-electron chi connectivity index (χ4n) is 0.875. The van der Waals surface area contributed by atoms with Gasteiger partial charge in [-0.25, -0.2) is 0 Å². The number of esters is 1. The number of hydrogen-bond donors (Lipinski definition) is 0. The highest BCUT2D eigenvalue weighted by atomic mass is 35.5. The molecule has 70 valence electrons. The van der Waals surface area contributed by atoms with Gasteiger partial charge in [-0.05, 0) is 13.0 Å². The molecule has 3 nitrogen and oxygen atoms in total. The van der Waals surface area contributed by atoms with Crippen molar-refractivity contribution in [3.63, 3.8) is 0 Å². The van der Waals surface area contributed by atoms with Gasteiger partial charge in [0.2, 0.25) is 0 Å². The maximum Gasteiger partial charge on any atom is 0.302 e. The molecule has 0 radical (unpaired) electrons. The third-order valence-electron chi connectivity index (χ3n) is 1.59. The molecule has 0 saturated heterocycles. The number of halogens is 1. The van der Waals surface area contributed by atoms with Crippen LogP contribution in [0, 0.1) is 6.92 Å². The average Bonchev–Trinajstić information content (AvgIpc) is 2.06. The number of hydrogen-bond acceptors (Lipinski definition) is 3. The Kier molecular flexibility index (Phi) is 3.25. The number of carbonyl (C=O) groups excluding carboxylic acids is 1. The summed E-state index contributed by atoms with van der Waals surface area (Å²) in [5, 5.41) is 0.549. The molecule has 0 aliphatic rings. The van der Waals surface area contributed by atoms with Crippen molar-refractivity contribution in [3.05, 3.63) is 28.5 Å². The summed E-state index contributed by atoms with van der Waals surface area (Å²) in [5.74, 6) is -0.306. The van der Waals surface area contributed by atoms with Crippen LogP contribution < -0.4 is 0 Å². The lowest BCUT2D eigenvalue weighted by Crippen LogP contribution is -2.01. The molecule has 0 bridgehead atoms. The molecule has 1 heterocycles. The molecule has 0 atom stereocenters. The average molecular weight is 200 g/mol. The summed E-state index contributed by atoms with van der Waals surface area (Å²) in [6.07, 6.45) is 1.56. The Morgan fingerprint density at radius 1 is 1.69 bits per heavy atom. The van der Waals surface area contributed by atoms with E-state index in [0.29, 0.717) is 5.02 Å². The van der Waals surface area contributed by atoms with Crippen LogP contribution in [0.15, 0.2) is 12.3 Å². The lowest BCUT2D eigenvalue weighted by molar-refractivity contribution is -0.142. The van der Waals surface area contributed by atoms with E-state index in [1.807, 2.05) is 6.92 Å². The fraction of sp³-hybridized carbons (Fsp3) is 0.333. The molecule has 0 amide bonds. The van der Waals surface area contributed by atoms with Gasteiger partial charge in [0.25, 0.3) is 0 Å². The SMILES string of the molecule is CC(=O)OCc1cc(Cl)cnc1C. The zero-order valence-corrected chi connectivity index (χ0v) is 8.26. The van der Waals surface area contributed by atoms with E-state index in [4.69, 9.17) is 16.3 Å². The minimum Gasteiger partial charge on any atom is -0.461 e. The Morgan fingerprint density at radius 3 is 3.00 bits per heavy atom. The highest BCUT2D eigenvalue weighted by Gasteiger charge is 2.02. The predicted octanol–water partition coefficient (Wildman–Crippen LogP) is 2.11. The monoisotopic (exact) mass is 199 g/mol. The fourth-order valence-corrected chi connectivity index (χ4v) is 1.06. The number of aryl methyl sites for hydroxylation is 1. The molecule has 1 rings (SSSR count). The molecule has 1 aromatic rings. The van der Waals surface area contributed by atoms with Crippen LogP contribution in [-0.2, 0) is 16.1 Å². The first-order chi connectivity index (χ1) is 6.09. The normalized spacial score (nSPS) is 9.77. The second kappa shape index (κ2) is 4.23. The zero-order chi connectivity index (χ0) is 9.84. The van der Waals surface area contributed by atoms with Crippen LogP contribution in [0.5, 0.6) is 0 Å². The number of ether oxygens (including phenoxy) is 1. The highest BCUT2D eigenvalue weighted by molar-refractivity contribution is 6.30. The van der Waals surface area contributed by atoms with Gasteiger partial charge in [-0.1, -0.05) is 11.6 Å². The summed E-state index contributed by atoms with van der Waals surface area (Å²) in [6.45, 7) is 3.44. The van der Waals surface area contributed by atoms with Crippen LogP contribution in [0.25, 0.3) is 0 Å². The van der Waals surface area contributed by atoms with Gasteiger partial charge >= 0.3 is 5.97 Å². The summed E-state index contributed by atoms with van der Waals surface area (Å²) >= 11 is 5.73. The summed E-state index contributed by atoms with van der Waals surface area (Å²) < 4.78 is 4.83. The van der Waals surface area contributed by atoms with E-state index in [1.165, 1.54) is 6.92 Å². The molecule has 0 saturated carbocycles. The van der Waals surface area contributed by atoms with Crippen LogP contribution in [-0.4, -0.2) is 11.0 Å². The van der Waals surface area contributed by atoms with Crippen LogP contribution in [0.4, 0.5) is 0 Å². The molecule has 4 heteroatoms. The second-order valence-electron chi connectivity index (χ2n) is 2.68. The molecule has 0 spiro atoms. The van der Waals surface area contributed by atoms with Gasteiger partial charge in [0.05, 0.1) is 5.02 Å². The third-order valence-corrected chi connectivity index (χ3v) is 1.80. The van der Waals surface area contributed by atoms with Crippen LogP contribution >= 0.6 is 11.6 Å². The first kappa shape index (κ1) is 9.99. The molecule has 0 aliphatic carbocycles. The van der Waals surface area contributed by atoms with Crippen molar-refractivity contribution in [2.45, 2.75) is 20.5 Å². The van der Waals surface area contributed by atoms with E-state index in [2.05, 4.69) is 4.98 Å². The van der Waals surface area contributed by atoms with Crippen molar-refractivity contribution >= 4 is 17.6 Å². The number of pyridine rings is 1. The van der Waals surface area contributed by atoms with E-state index >= 15 is 0 Å². The summed E-state index contributed by atoms with van der Waals surface area (Å²) in [4.78, 5) is 14.6. The number of aromatic nitrogens is 1. The predicted molar refractivity (Wildman–Crippen MR) is 49.5 cm³/mol. The lowest BCUT2D eigenvalue weighted by Gasteiger charge is -2.04. The van der Waals surface area contributed by atoms with Gasteiger partial charge in [-0.2, -0.15) is 0 Å². The molecule has 0 aliphatic heterocycles. The van der Waals surface area contributed by atoms with Gasteiger partial charge in [0.15, 0.2) is 0 Å². The molecular formula is C9H10ClNO2. The van der Waals surface area contributed by atoms with E-state index < -0.39 is 0 Å². The summed E-state index contributed by atoms with van der Waals surface area (Å²) in [7, 11) is 0. The Balaban J connectivity index is 2.75. The summed E-state index contributed by atoms with van der Waals surface area (Å²) in [5.41, 5.74) is 1.66. The van der Waals surface area contributed by atoms with Gasteiger partial charge in [0.1, 0.15) is 6.61 Å². The topological polar surface area (TPSA) is 39.2 Å². The molecule has 0 aromatic carbocycles. The van der Waals surface area contributed by atoms with Crippen LogP contribution in [0.3, 0.4) is 0 Å². The number of rotatable bonds is 2. The van der Waals surface area contributed by atoms with Crippen LogP contribution in [0.2, 0.25) is 5.02 Å². The molecule has 0 unspecified atom stereocenters. The first-order valence-corrected chi connectivity index (χ1v) is 4.22. The van der Waals surface area contributed by atoms with Crippen molar-refractivity contribution in [2.75, 3.05) is 0 Å². The Bertz CT molecular complexity index is 325. The van der Waals surface area contributed by atoms with Crippen LogP contribution in [0.1, 0.15) is 18.2 Å².